The number of benzene rings is 5. The Labute approximate surface area is 336 Å². The minimum atomic E-state index is -1.97. The number of carbonyl (C=O) groups excluding carboxylic acids is 4. The van der Waals surface area contributed by atoms with E-state index < -0.39 is 65.5 Å². The van der Waals surface area contributed by atoms with E-state index in [2.05, 4.69) is 11.9 Å². The Hall–Kier alpha value is -6.56. The predicted molar refractivity (Wildman–Crippen MR) is 215 cm³/mol. The lowest BCUT2D eigenvalue weighted by atomic mass is 9.65. The number of para-hydroxylation sites is 2. The van der Waals surface area contributed by atoms with Crippen molar-refractivity contribution in [1.29, 1.82) is 0 Å². The quantitative estimate of drug-likeness (QED) is 0.108. The fourth-order valence-corrected chi connectivity index (χ4v) is 9.10. The SMILES string of the molecule is C=CCOC(=O)[C@@H]1[C@H]2C(=O)O[C@H](c3ccccc3)[C@H](c3ccccc3)N2[C@H](c2ccccc2OCCO)[C@@]12C(=O)N(C(=O)N[C@H](C)c1ccccc1)c1ccccc12. The molecule has 7 atom stereocenters. The van der Waals surface area contributed by atoms with Crippen LogP contribution in [0.2, 0.25) is 0 Å². The van der Waals surface area contributed by atoms with Crippen molar-refractivity contribution >= 4 is 29.6 Å². The number of cyclic esters (lactones) is 1. The van der Waals surface area contributed by atoms with E-state index in [1.807, 2.05) is 103 Å². The molecule has 2 fully saturated rings. The summed E-state index contributed by atoms with van der Waals surface area (Å²) in [6, 6.07) is 37.6. The van der Waals surface area contributed by atoms with Gasteiger partial charge in [0.15, 0.2) is 0 Å². The number of hydrogen-bond acceptors (Lipinski definition) is 9. The molecule has 3 amide bonds. The first kappa shape index (κ1) is 38.3. The molecule has 5 aromatic rings. The average Bonchev–Trinajstić information content (AvgIpc) is 3.72. The van der Waals surface area contributed by atoms with Gasteiger partial charge in [0.25, 0.3) is 0 Å². The Morgan fingerprint density at radius 1 is 0.845 bits per heavy atom. The summed E-state index contributed by atoms with van der Waals surface area (Å²) in [7, 11) is 0. The highest BCUT2D eigenvalue weighted by Gasteiger charge is 2.76. The van der Waals surface area contributed by atoms with Crippen LogP contribution >= 0.6 is 0 Å². The Kier molecular flexibility index (Phi) is 10.7. The van der Waals surface area contributed by atoms with Gasteiger partial charge in [-0.15, -0.1) is 0 Å². The number of aliphatic hydroxyl groups is 1. The summed E-state index contributed by atoms with van der Waals surface area (Å²) in [5.41, 5.74) is 1.39. The second kappa shape index (κ2) is 16.1. The number of imide groups is 1. The van der Waals surface area contributed by atoms with Crippen LogP contribution < -0.4 is 15.0 Å². The van der Waals surface area contributed by atoms with Gasteiger partial charge in [-0.3, -0.25) is 19.3 Å². The predicted octanol–water partition coefficient (Wildman–Crippen LogP) is 6.92. The van der Waals surface area contributed by atoms with E-state index in [-0.39, 0.29) is 25.5 Å². The van der Waals surface area contributed by atoms with Crippen molar-refractivity contribution in [3.05, 3.63) is 180 Å². The maximum Gasteiger partial charge on any atom is 0.329 e. The van der Waals surface area contributed by atoms with Crippen LogP contribution in [0.5, 0.6) is 5.75 Å². The number of aliphatic hydroxyl groups excluding tert-OH is 1. The zero-order valence-corrected chi connectivity index (χ0v) is 31.8. The molecule has 0 unspecified atom stereocenters. The summed E-state index contributed by atoms with van der Waals surface area (Å²) < 4.78 is 18.5. The lowest BCUT2D eigenvalue weighted by Gasteiger charge is -2.46. The summed E-state index contributed by atoms with van der Waals surface area (Å²) in [6.07, 6.45) is 0.525. The van der Waals surface area contributed by atoms with Gasteiger partial charge in [-0.05, 0) is 41.3 Å². The third kappa shape index (κ3) is 6.32. The molecule has 294 valence electrons. The van der Waals surface area contributed by atoms with Gasteiger partial charge in [-0.25, -0.2) is 9.69 Å². The lowest BCUT2D eigenvalue weighted by molar-refractivity contribution is -0.180. The van der Waals surface area contributed by atoms with E-state index in [0.29, 0.717) is 22.4 Å². The van der Waals surface area contributed by atoms with Crippen molar-refractivity contribution in [3.8, 4) is 5.75 Å². The van der Waals surface area contributed by atoms with E-state index in [0.717, 1.165) is 16.0 Å². The van der Waals surface area contributed by atoms with Crippen molar-refractivity contribution in [3.63, 3.8) is 0 Å². The maximum atomic E-state index is 16.1. The molecule has 3 aliphatic heterocycles. The number of hydrogen-bond donors (Lipinski definition) is 2. The molecular formula is C47H43N3O8. The molecule has 0 aliphatic carbocycles. The zero-order chi connectivity index (χ0) is 40.4. The van der Waals surface area contributed by atoms with Crippen molar-refractivity contribution < 1.29 is 38.5 Å². The van der Waals surface area contributed by atoms with Gasteiger partial charge in [0, 0.05) is 5.56 Å². The fourth-order valence-electron chi connectivity index (χ4n) is 9.10. The number of fused-ring (bicyclic) bond motifs is 3. The second-order valence-corrected chi connectivity index (χ2v) is 14.5. The fraction of sp³-hybridized carbons (Fsp3) is 0.234. The molecule has 0 radical (unpaired) electrons. The summed E-state index contributed by atoms with van der Waals surface area (Å²) >= 11 is 0. The van der Waals surface area contributed by atoms with Crippen LogP contribution in [-0.2, 0) is 29.3 Å². The van der Waals surface area contributed by atoms with Crippen LogP contribution in [0.1, 0.15) is 59.0 Å². The number of morpholine rings is 1. The number of esters is 2. The number of amides is 3. The maximum absolute atomic E-state index is 16.1. The van der Waals surface area contributed by atoms with Crippen LogP contribution in [0, 0.1) is 5.92 Å². The zero-order valence-electron chi connectivity index (χ0n) is 31.8. The van der Waals surface area contributed by atoms with Crippen LogP contribution in [0.4, 0.5) is 10.5 Å². The van der Waals surface area contributed by atoms with Gasteiger partial charge in [0.1, 0.15) is 42.4 Å². The number of nitrogens with zero attached hydrogens (tertiary/aromatic N) is 2. The third-order valence-corrected chi connectivity index (χ3v) is 11.4. The van der Waals surface area contributed by atoms with E-state index in [4.69, 9.17) is 14.2 Å². The van der Waals surface area contributed by atoms with Crippen molar-refractivity contribution in [1.82, 2.24) is 10.2 Å². The molecule has 1 spiro atoms. The van der Waals surface area contributed by atoms with E-state index in [9.17, 15) is 19.5 Å². The molecule has 5 aromatic carbocycles. The lowest BCUT2D eigenvalue weighted by Crippen LogP contribution is -2.54. The minimum absolute atomic E-state index is 0.0712. The van der Waals surface area contributed by atoms with Gasteiger partial charge >= 0.3 is 18.0 Å². The Balaban J connectivity index is 1.42. The molecule has 2 N–H and O–H groups in total. The van der Waals surface area contributed by atoms with E-state index in [1.165, 1.54) is 6.08 Å². The molecular weight excluding hydrogens is 735 g/mol. The van der Waals surface area contributed by atoms with Crippen molar-refractivity contribution in [2.75, 3.05) is 24.7 Å². The molecule has 3 aliphatic rings. The average molecular weight is 778 g/mol. The molecule has 3 heterocycles. The molecule has 58 heavy (non-hydrogen) atoms. The summed E-state index contributed by atoms with van der Waals surface area (Å²) in [5, 5.41) is 12.9. The van der Waals surface area contributed by atoms with Gasteiger partial charge in [0.05, 0.1) is 30.4 Å². The van der Waals surface area contributed by atoms with Gasteiger partial charge in [0.2, 0.25) is 5.91 Å². The number of rotatable bonds is 11. The number of carbonyl (C=O) groups is 4. The van der Waals surface area contributed by atoms with E-state index >= 15 is 4.79 Å². The van der Waals surface area contributed by atoms with Crippen LogP contribution in [0.25, 0.3) is 0 Å². The number of nitrogens with one attached hydrogen (secondary N) is 1. The molecule has 2 saturated heterocycles. The largest absolute Gasteiger partial charge is 0.491 e. The molecule has 11 heteroatoms. The first-order chi connectivity index (χ1) is 28.3. The number of urea groups is 1. The molecule has 11 nitrogen and oxygen atoms in total. The highest BCUT2D eigenvalue weighted by atomic mass is 16.6. The monoisotopic (exact) mass is 777 g/mol. The number of anilines is 1. The van der Waals surface area contributed by atoms with Crippen LogP contribution in [0.3, 0.4) is 0 Å². The molecule has 0 saturated carbocycles. The minimum Gasteiger partial charge on any atom is -0.491 e. The number of ether oxygens (including phenoxy) is 3. The standard InChI is InChI=1S/C47H43N3O8/c1-3-28-57-43(52)38-40-44(53)58-41(33-21-11-6-12-22-33)39(32-19-9-5-10-20-32)50(40)42(34-23-13-16-26-37(34)56-29-27-51)47(38)35-24-14-15-25-36(35)49(45(47)54)46(55)48-30(2)31-17-7-4-8-18-31/h3-26,30,38-42,51H,1,27-29H2,2H3,(H,48,55)/t30-,38+,39+,40+,41-,42-,47+/m1/s1. The highest BCUT2D eigenvalue weighted by molar-refractivity contribution is 6.24. The second-order valence-electron chi connectivity index (χ2n) is 14.5. The molecule has 8 rings (SSSR count). The van der Waals surface area contributed by atoms with Crippen LogP contribution in [0.15, 0.2) is 152 Å². The first-order valence-corrected chi connectivity index (χ1v) is 19.3. The Morgan fingerprint density at radius 3 is 2.16 bits per heavy atom. The van der Waals surface area contributed by atoms with Crippen molar-refractivity contribution in [2.24, 2.45) is 5.92 Å². The smallest absolute Gasteiger partial charge is 0.329 e. The third-order valence-electron chi connectivity index (χ3n) is 11.4. The highest BCUT2D eigenvalue weighted by Crippen LogP contribution is 2.66. The summed E-state index contributed by atoms with van der Waals surface area (Å²) in [4.78, 5) is 63.6. The topological polar surface area (TPSA) is 135 Å². The molecule has 0 aromatic heterocycles. The van der Waals surface area contributed by atoms with Crippen molar-refractivity contribution in [2.45, 2.75) is 42.6 Å². The first-order valence-electron chi connectivity index (χ1n) is 19.3. The van der Waals surface area contributed by atoms with Gasteiger partial charge in [-0.1, -0.05) is 140 Å². The summed E-state index contributed by atoms with van der Waals surface area (Å²) in [5.74, 6) is -3.50. The van der Waals surface area contributed by atoms with Gasteiger partial charge in [-0.2, -0.15) is 0 Å². The summed E-state index contributed by atoms with van der Waals surface area (Å²) in [6.45, 7) is 5.00. The Bertz CT molecular complexity index is 2320. The van der Waals surface area contributed by atoms with E-state index in [1.54, 1.807) is 48.5 Å². The normalized spacial score (nSPS) is 24.0. The van der Waals surface area contributed by atoms with Crippen LogP contribution in [-0.4, -0.2) is 59.7 Å². The molecule has 0 bridgehead atoms. The van der Waals surface area contributed by atoms with Gasteiger partial charge < -0.3 is 24.6 Å². The Morgan fingerprint density at radius 2 is 1.47 bits per heavy atom.